The van der Waals surface area contributed by atoms with Crippen molar-refractivity contribution < 1.29 is 9.53 Å². The summed E-state index contributed by atoms with van der Waals surface area (Å²) in [5.74, 6) is -0.180. The van der Waals surface area contributed by atoms with Gasteiger partial charge < -0.3 is 9.64 Å². The van der Waals surface area contributed by atoms with Crippen molar-refractivity contribution >= 4 is 11.7 Å². The minimum atomic E-state index is -0.319. The van der Waals surface area contributed by atoms with Gasteiger partial charge in [-0.2, -0.15) is 5.26 Å². The molecule has 0 aromatic heterocycles. The summed E-state index contributed by atoms with van der Waals surface area (Å²) >= 11 is 0. The highest BCUT2D eigenvalue weighted by molar-refractivity contribution is 5.77. The number of carbonyl (C=O) groups is 1. The van der Waals surface area contributed by atoms with Gasteiger partial charge in [0.15, 0.2) is 0 Å². The van der Waals surface area contributed by atoms with E-state index in [0.29, 0.717) is 11.6 Å². The van der Waals surface area contributed by atoms with Gasteiger partial charge in [0.2, 0.25) is 0 Å². The fourth-order valence-corrected chi connectivity index (χ4v) is 4.84. The highest BCUT2D eigenvalue weighted by Gasteiger charge is 2.34. The normalized spacial score (nSPS) is 19.5. The van der Waals surface area contributed by atoms with Crippen LogP contribution in [0.4, 0.5) is 5.69 Å². The molecule has 0 radical (unpaired) electrons. The van der Waals surface area contributed by atoms with Gasteiger partial charge in [-0.1, -0.05) is 30.3 Å². The molecule has 0 saturated carbocycles. The van der Waals surface area contributed by atoms with E-state index in [1.807, 2.05) is 54.6 Å². The SMILES string of the molecule is COC(=O)C(c1ccccc1)N1CCC(N2CCN(c3ccc(C#N)cc3)CC2)CC1. The fraction of sp³-hybridized carbons (Fsp3) is 0.440. The highest BCUT2D eigenvalue weighted by atomic mass is 16.5. The number of hydrogen-bond donors (Lipinski definition) is 0. The van der Waals surface area contributed by atoms with Crippen LogP contribution in [0.5, 0.6) is 0 Å². The molecule has 1 atom stereocenters. The van der Waals surface area contributed by atoms with Gasteiger partial charge in [0.05, 0.1) is 18.7 Å². The number of likely N-dealkylation sites (tertiary alicyclic amines) is 1. The predicted octanol–water partition coefficient (Wildman–Crippen LogP) is 3.06. The van der Waals surface area contributed by atoms with Gasteiger partial charge in [0, 0.05) is 51.0 Å². The Morgan fingerprint density at radius 3 is 2.19 bits per heavy atom. The largest absolute Gasteiger partial charge is 0.468 e. The number of rotatable bonds is 5. The molecule has 0 N–H and O–H groups in total. The summed E-state index contributed by atoms with van der Waals surface area (Å²) in [7, 11) is 1.47. The molecular weight excluding hydrogens is 388 g/mol. The van der Waals surface area contributed by atoms with Crippen molar-refractivity contribution in [1.82, 2.24) is 9.80 Å². The molecule has 2 aliphatic rings. The molecule has 2 saturated heterocycles. The Kier molecular flexibility index (Phi) is 6.86. The van der Waals surface area contributed by atoms with Crippen molar-refractivity contribution in [2.24, 2.45) is 0 Å². The van der Waals surface area contributed by atoms with Gasteiger partial charge in [-0.3, -0.25) is 9.80 Å². The zero-order chi connectivity index (χ0) is 21.6. The summed E-state index contributed by atoms with van der Waals surface area (Å²) < 4.78 is 5.12. The summed E-state index contributed by atoms with van der Waals surface area (Å²) in [6, 6.07) is 20.2. The van der Waals surface area contributed by atoms with Gasteiger partial charge in [-0.15, -0.1) is 0 Å². The van der Waals surface area contributed by atoms with Crippen LogP contribution in [0.3, 0.4) is 0 Å². The Labute approximate surface area is 184 Å². The van der Waals surface area contributed by atoms with Crippen molar-refractivity contribution in [3.8, 4) is 6.07 Å². The maximum absolute atomic E-state index is 12.5. The van der Waals surface area contributed by atoms with Crippen LogP contribution < -0.4 is 4.90 Å². The number of esters is 1. The van der Waals surface area contributed by atoms with Crippen LogP contribution in [0, 0.1) is 11.3 Å². The Balaban J connectivity index is 1.31. The molecule has 2 fully saturated rings. The topological polar surface area (TPSA) is 59.8 Å². The van der Waals surface area contributed by atoms with Crippen LogP contribution in [-0.4, -0.2) is 68.2 Å². The summed E-state index contributed by atoms with van der Waals surface area (Å²) in [6.07, 6.45) is 2.13. The molecule has 2 aromatic rings. The first-order chi connectivity index (χ1) is 15.2. The van der Waals surface area contributed by atoms with Crippen LogP contribution in [0.25, 0.3) is 0 Å². The third-order valence-electron chi connectivity index (χ3n) is 6.60. The van der Waals surface area contributed by atoms with Gasteiger partial charge in [-0.25, -0.2) is 4.79 Å². The zero-order valence-electron chi connectivity index (χ0n) is 18.1. The Morgan fingerprint density at radius 2 is 1.61 bits per heavy atom. The number of hydrogen-bond acceptors (Lipinski definition) is 6. The Bertz CT molecular complexity index is 893. The second kappa shape index (κ2) is 9.95. The van der Waals surface area contributed by atoms with E-state index in [-0.39, 0.29) is 12.0 Å². The third-order valence-corrected chi connectivity index (χ3v) is 6.60. The lowest BCUT2D eigenvalue weighted by Gasteiger charge is -2.44. The van der Waals surface area contributed by atoms with Crippen LogP contribution in [-0.2, 0) is 9.53 Å². The molecule has 2 aliphatic heterocycles. The van der Waals surface area contributed by atoms with E-state index < -0.39 is 0 Å². The van der Waals surface area contributed by atoms with Crippen molar-refractivity contribution in [2.75, 3.05) is 51.3 Å². The van der Waals surface area contributed by atoms with Crippen molar-refractivity contribution in [3.63, 3.8) is 0 Å². The summed E-state index contributed by atoms with van der Waals surface area (Å²) in [5, 5.41) is 8.98. The van der Waals surface area contributed by atoms with E-state index in [9.17, 15) is 4.79 Å². The molecule has 0 bridgehead atoms. The second-order valence-corrected chi connectivity index (χ2v) is 8.29. The number of nitrogens with zero attached hydrogens (tertiary/aromatic N) is 4. The zero-order valence-corrected chi connectivity index (χ0v) is 18.1. The maximum Gasteiger partial charge on any atom is 0.327 e. The lowest BCUT2D eigenvalue weighted by atomic mass is 9.97. The number of anilines is 1. The van der Waals surface area contributed by atoms with Crippen LogP contribution in [0.2, 0.25) is 0 Å². The van der Waals surface area contributed by atoms with Crippen LogP contribution >= 0.6 is 0 Å². The fourth-order valence-electron chi connectivity index (χ4n) is 4.84. The summed E-state index contributed by atoms with van der Waals surface area (Å²) in [5.41, 5.74) is 2.90. The number of nitriles is 1. The van der Waals surface area contributed by atoms with Crippen molar-refractivity contribution in [3.05, 3.63) is 65.7 Å². The maximum atomic E-state index is 12.5. The van der Waals surface area contributed by atoms with Crippen molar-refractivity contribution in [1.29, 1.82) is 5.26 Å². The number of methoxy groups -OCH3 is 1. The average Bonchev–Trinajstić information content (AvgIpc) is 2.85. The van der Waals surface area contributed by atoms with E-state index >= 15 is 0 Å². The molecule has 2 aromatic carbocycles. The molecule has 2 heterocycles. The van der Waals surface area contributed by atoms with E-state index in [1.54, 1.807) is 0 Å². The van der Waals surface area contributed by atoms with E-state index in [4.69, 9.17) is 10.00 Å². The van der Waals surface area contributed by atoms with Gasteiger partial charge >= 0.3 is 5.97 Å². The second-order valence-electron chi connectivity index (χ2n) is 8.29. The third kappa shape index (κ3) is 4.90. The molecule has 1 unspecified atom stereocenters. The molecule has 162 valence electrons. The number of carbonyl (C=O) groups excluding carboxylic acids is 1. The Morgan fingerprint density at radius 1 is 0.968 bits per heavy atom. The lowest BCUT2D eigenvalue weighted by Crippen LogP contribution is -2.54. The van der Waals surface area contributed by atoms with Gasteiger partial charge in [0.25, 0.3) is 0 Å². The minimum Gasteiger partial charge on any atom is -0.468 e. The average molecular weight is 419 g/mol. The molecular formula is C25H30N4O2. The quantitative estimate of drug-likeness (QED) is 0.696. The molecule has 31 heavy (non-hydrogen) atoms. The summed E-state index contributed by atoms with van der Waals surface area (Å²) in [4.78, 5) is 19.8. The van der Waals surface area contributed by atoms with Gasteiger partial charge in [-0.05, 0) is 42.7 Å². The van der Waals surface area contributed by atoms with Crippen LogP contribution in [0.1, 0.15) is 30.0 Å². The van der Waals surface area contributed by atoms with E-state index in [2.05, 4.69) is 20.8 Å². The number of ether oxygens (including phenoxy) is 1. The first kappa shape index (κ1) is 21.4. The standard InChI is InChI=1S/C25H30N4O2/c1-31-25(30)24(21-5-3-2-4-6-21)29-13-11-23(12-14-29)28-17-15-27(16-18-28)22-9-7-20(19-26)8-10-22/h2-10,23-24H,11-18H2,1H3. The minimum absolute atomic E-state index is 0.180. The number of piperazine rings is 1. The highest BCUT2D eigenvalue weighted by Crippen LogP contribution is 2.28. The van der Waals surface area contributed by atoms with E-state index in [0.717, 1.165) is 57.7 Å². The predicted molar refractivity (Wildman–Crippen MR) is 121 cm³/mol. The molecule has 0 spiro atoms. The van der Waals surface area contributed by atoms with Gasteiger partial charge in [0.1, 0.15) is 6.04 Å². The lowest BCUT2D eigenvalue weighted by molar-refractivity contribution is -0.148. The first-order valence-electron chi connectivity index (χ1n) is 11.1. The first-order valence-corrected chi connectivity index (χ1v) is 11.1. The molecule has 4 rings (SSSR count). The summed E-state index contributed by atoms with van der Waals surface area (Å²) in [6.45, 7) is 5.89. The monoisotopic (exact) mass is 418 g/mol. The molecule has 6 nitrogen and oxygen atoms in total. The van der Waals surface area contributed by atoms with E-state index in [1.165, 1.54) is 12.8 Å². The smallest absolute Gasteiger partial charge is 0.327 e. The number of benzene rings is 2. The molecule has 0 aliphatic carbocycles. The Hall–Kier alpha value is -2.88. The molecule has 0 amide bonds. The molecule has 6 heteroatoms. The van der Waals surface area contributed by atoms with Crippen molar-refractivity contribution in [2.45, 2.75) is 24.9 Å². The number of piperidine rings is 1. The van der Waals surface area contributed by atoms with Crippen LogP contribution in [0.15, 0.2) is 54.6 Å².